The average Bonchev–Trinajstić information content (AvgIpc) is 3.65. The largest absolute Gasteiger partial charge is 0.494 e. The highest BCUT2D eigenvalue weighted by atomic mass is 28.3. The maximum absolute atomic E-state index is 13.2. The summed E-state index contributed by atoms with van der Waals surface area (Å²) in [5.41, 5.74) is 2.60. The topological polar surface area (TPSA) is 84.9 Å². The van der Waals surface area contributed by atoms with Crippen LogP contribution in [0.5, 0.6) is 11.5 Å². The first-order valence-electron chi connectivity index (χ1n) is 19.8. The van der Waals surface area contributed by atoms with Crippen LogP contribution in [0.15, 0.2) is 91.0 Å². The minimum atomic E-state index is -1.19. The SMILES string of the molecule is CC(C)(C)OC(=O)N1CCC(c2ccc(OCCCC3(c4ccccc4)OCCO3)cc2)C(OCc2cc(OCOCC[Si](C)(C)C)c3ccccc3c2)C1. The molecule has 0 radical (unpaired) electrons. The molecule has 9 nitrogen and oxygen atoms in total. The van der Waals surface area contributed by atoms with Crippen LogP contribution < -0.4 is 9.47 Å². The Morgan fingerprint density at radius 1 is 0.891 bits per heavy atom. The molecule has 0 saturated carbocycles. The van der Waals surface area contributed by atoms with Gasteiger partial charge in [-0.25, -0.2) is 4.79 Å². The van der Waals surface area contributed by atoms with Gasteiger partial charge in [0.1, 0.15) is 17.1 Å². The Morgan fingerprint density at radius 2 is 1.62 bits per heavy atom. The summed E-state index contributed by atoms with van der Waals surface area (Å²) < 4.78 is 43.0. The fraction of sp³-hybridized carbons (Fsp3) is 0.489. The second-order valence-corrected chi connectivity index (χ2v) is 22.4. The van der Waals surface area contributed by atoms with E-state index in [9.17, 15) is 4.79 Å². The molecule has 10 heteroatoms. The van der Waals surface area contributed by atoms with Crippen molar-refractivity contribution in [1.82, 2.24) is 4.90 Å². The van der Waals surface area contributed by atoms with Crippen LogP contribution in [-0.4, -0.2) is 77.1 Å². The van der Waals surface area contributed by atoms with E-state index in [2.05, 4.69) is 62.1 Å². The van der Waals surface area contributed by atoms with Crippen molar-refractivity contribution in [2.24, 2.45) is 0 Å². The fourth-order valence-electron chi connectivity index (χ4n) is 7.15. The quantitative estimate of drug-likeness (QED) is 0.0633. The molecule has 6 rings (SSSR count). The van der Waals surface area contributed by atoms with Crippen molar-refractivity contribution >= 4 is 24.9 Å². The number of nitrogens with zero attached hydrogens (tertiary/aromatic N) is 1. The van der Waals surface area contributed by atoms with Crippen molar-refractivity contribution in [3.63, 3.8) is 0 Å². The predicted molar refractivity (Wildman–Crippen MR) is 218 cm³/mol. The maximum Gasteiger partial charge on any atom is 0.410 e. The lowest BCUT2D eigenvalue weighted by Gasteiger charge is -2.39. The van der Waals surface area contributed by atoms with E-state index in [4.69, 9.17) is 33.2 Å². The molecule has 4 aromatic rings. The molecule has 2 unspecified atom stereocenters. The summed E-state index contributed by atoms with van der Waals surface area (Å²) in [6.45, 7) is 16.7. The number of ether oxygens (including phenoxy) is 7. The normalized spacial score (nSPS) is 18.7. The van der Waals surface area contributed by atoms with E-state index in [-0.39, 0.29) is 24.9 Å². The van der Waals surface area contributed by atoms with Gasteiger partial charge < -0.3 is 38.1 Å². The Hall–Kier alpha value is -3.93. The lowest BCUT2D eigenvalue weighted by Crippen LogP contribution is -2.48. The molecule has 2 aliphatic rings. The standard InChI is InChI=1S/C45H59NO8Si/c1-44(2,3)54-43(47)46-23-21-40(35-17-19-38(20-18-35)49-24-12-22-45(52-25-26-53-45)37-14-8-7-9-15-37)42(31-46)50-32-34-29-36-13-10-11-16-39(36)41(30-34)51-33-48-27-28-55(4,5)6/h7-11,13-20,29-30,40,42H,12,21-28,31-33H2,1-6H3. The number of hydrogen-bond donors (Lipinski definition) is 0. The van der Waals surface area contributed by atoms with Gasteiger partial charge in [0.2, 0.25) is 0 Å². The summed E-state index contributed by atoms with van der Waals surface area (Å²) >= 11 is 0. The van der Waals surface area contributed by atoms with Crippen molar-refractivity contribution in [3.05, 3.63) is 108 Å². The van der Waals surface area contributed by atoms with Gasteiger partial charge in [-0.1, -0.05) is 86.4 Å². The Bertz CT molecular complexity index is 1820. The third-order valence-electron chi connectivity index (χ3n) is 10.0. The summed E-state index contributed by atoms with van der Waals surface area (Å²) in [6.07, 6.45) is 1.66. The summed E-state index contributed by atoms with van der Waals surface area (Å²) in [4.78, 5) is 15.0. The molecule has 0 bridgehead atoms. The molecule has 1 amide bonds. The number of hydrogen-bond acceptors (Lipinski definition) is 8. The minimum absolute atomic E-state index is 0.0751. The monoisotopic (exact) mass is 769 g/mol. The van der Waals surface area contributed by atoms with Gasteiger partial charge in [0, 0.05) is 44.5 Å². The number of fused-ring (bicyclic) bond motifs is 1. The first-order chi connectivity index (χ1) is 26.4. The highest BCUT2D eigenvalue weighted by Gasteiger charge is 2.38. The minimum Gasteiger partial charge on any atom is -0.494 e. The molecule has 55 heavy (non-hydrogen) atoms. The molecule has 2 fully saturated rings. The molecule has 296 valence electrons. The van der Waals surface area contributed by atoms with Crippen molar-refractivity contribution in [2.75, 3.05) is 46.3 Å². The average molecular weight is 770 g/mol. The highest BCUT2D eigenvalue weighted by Crippen LogP contribution is 2.37. The zero-order chi connectivity index (χ0) is 38.9. The van der Waals surface area contributed by atoms with Crippen LogP contribution in [0, 0.1) is 0 Å². The first-order valence-corrected chi connectivity index (χ1v) is 23.5. The van der Waals surface area contributed by atoms with Gasteiger partial charge in [-0.2, -0.15) is 0 Å². The summed E-state index contributed by atoms with van der Waals surface area (Å²) in [5, 5.41) is 2.11. The van der Waals surface area contributed by atoms with Crippen LogP contribution in [0.3, 0.4) is 0 Å². The fourth-order valence-corrected chi connectivity index (χ4v) is 7.91. The van der Waals surface area contributed by atoms with Gasteiger partial charge in [0.15, 0.2) is 12.6 Å². The molecule has 4 aromatic carbocycles. The predicted octanol–water partition coefficient (Wildman–Crippen LogP) is 9.90. The smallest absolute Gasteiger partial charge is 0.410 e. The Labute approximate surface area is 328 Å². The maximum atomic E-state index is 13.2. The van der Waals surface area contributed by atoms with Gasteiger partial charge in [-0.05, 0) is 80.4 Å². The van der Waals surface area contributed by atoms with E-state index in [1.54, 1.807) is 4.90 Å². The van der Waals surface area contributed by atoms with Gasteiger partial charge >= 0.3 is 6.09 Å². The summed E-state index contributed by atoms with van der Waals surface area (Å²) in [6, 6.07) is 31.9. The molecule has 2 aliphatic heterocycles. The van der Waals surface area contributed by atoms with E-state index in [1.807, 2.05) is 69.3 Å². The van der Waals surface area contributed by atoms with Crippen LogP contribution in [0.1, 0.15) is 62.6 Å². The van der Waals surface area contributed by atoms with E-state index in [1.165, 1.54) is 0 Å². The zero-order valence-corrected chi connectivity index (χ0v) is 34.5. The lowest BCUT2D eigenvalue weighted by atomic mass is 9.87. The third-order valence-corrected chi connectivity index (χ3v) is 11.8. The van der Waals surface area contributed by atoms with Gasteiger partial charge in [-0.3, -0.25) is 0 Å². The molecular weight excluding hydrogens is 711 g/mol. The number of amides is 1. The number of rotatable bonds is 16. The molecule has 2 atom stereocenters. The molecule has 2 heterocycles. The van der Waals surface area contributed by atoms with Crippen molar-refractivity contribution in [3.8, 4) is 11.5 Å². The van der Waals surface area contributed by atoms with Crippen LogP contribution in [-0.2, 0) is 36.1 Å². The van der Waals surface area contributed by atoms with Crippen LogP contribution in [0.4, 0.5) is 4.79 Å². The second-order valence-electron chi connectivity index (χ2n) is 16.8. The van der Waals surface area contributed by atoms with E-state index in [0.717, 1.165) is 57.8 Å². The first kappa shape index (κ1) is 40.7. The van der Waals surface area contributed by atoms with Crippen LogP contribution in [0.2, 0.25) is 25.7 Å². The van der Waals surface area contributed by atoms with Gasteiger partial charge in [0.05, 0.1) is 39.1 Å². The lowest BCUT2D eigenvalue weighted by molar-refractivity contribution is -0.172. The number of piperidine rings is 1. The van der Waals surface area contributed by atoms with E-state index < -0.39 is 19.5 Å². The Morgan fingerprint density at radius 3 is 2.35 bits per heavy atom. The second kappa shape index (κ2) is 18.3. The van der Waals surface area contributed by atoms with Crippen LogP contribution >= 0.6 is 0 Å². The molecule has 2 saturated heterocycles. The van der Waals surface area contributed by atoms with Crippen molar-refractivity contribution in [2.45, 2.75) is 95.7 Å². The highest BCUT2D eigenvalue weighted by molar-refractivity contribution is 6.76. The van der Waals surface area contributed by atoms with Crippen molar-refractivity contribution in [1.29, 1.82) is 0 Å². The Kier molecular flexibility index (Phi) is 13.6. The number of likely N-dealkylation sites (tertiary alicyclic amines) is 1. The molecule has 0 aromatic heterocycles. The molecular formula is C45H59NO8Si. The van der Waals surface area contributed by atoms with E-state index in [0.29, 0.717) is 52.5 Å². The number of carbonyl (C=O) groups excluding carboxylic acids is 1. The van der Waals surface area contributed by atoms with Crippen molar-refractivity contribution < 1.29 is 38.0 Å². The molecule has 0 spiro atoms. The molecule has 0 aliphatic carbocycles. The Balaban J connectivity index is 1.11. The zero-order valence-electron chi connectivity index (χ0n) is 33.5. The number of carbonyl (C=O) groups is 1. The summed E-state index contributed by atoms with van der Waals surface area (Å²) in [7, 11) is -1.19. The van der Waals surface area contributed by atoms with E-state index >= 15 is 0 Å². The van der Waals surface area contributed by atoms with Gasteiger partial charge in [0.25, 0.3) is 0 Å². The number of benzene rings is 4. The third kappa shape index (κ3) is 11.6. The van der Waals surface area contributed by atoms with Crippen LogP contribution in [0.25, 0.3) is 10.8 Å². The molecule has 0 N–H and O–H groups in total. The van der Waals surface area contributed by atoms with Gasteiger partial charge in [-0.15, -0.1) is 0 Å². The summed E-state index contributed by atoms with van der Waals surface area (Å²) in [5.74, 6) is 0.948.